The minimum absolute atomic E-state index is 0.0261. The number of halogens is 1. The van der Waals surface area contributed by atoms with Crippen molar-refractivity contribution in [2.45, 2.75) is 24.3 Å². The molecule has 7 heteroatoms. The van der Waals surface area contributed by atoms with Crippen molar-refractivity contribution in [3.63, 3.8) is 0 Å². The van der Waals surface area contributed by atoms with Gasteiger partial charge in [-0.15, -0.1) is 0 Å². The summed E-state index contributed by atoms with van der Waals surface area (Å²) in [6.07, 6.45) is 0.224. The lowest BCUT2D eigenvalue weighted by Gasteiger charge is -2.21. The lowest BCUT2D eigenvalue weighted by Crippen LogP contribution is -2.16. The maximum absolute atomic E-state index is 12.8. The number of benzene rings is 3. The number of primary sulfonamides is 1. The molecule has 0 aliphatic heterocycles. The van der Waals surface area contributed by atoms with Crippen molar-refractivity contribution in [1.82, 2.24) is 0 Å². The van der Waals surface area contributed by atoms with E-state index in [1.807, 2.05) is 31.2 Å². The van der Waals surface area contributed by atoms with Gasteiger partial charge in [0.2, 0.25) is 10.0 Å². The smallest absolute Gasteiger partial charge is 0.238 e. The molecule has 5 nitrogen and oxygen atoms in total. The van der Waals surface area contributed by atoms with Crippen molar-refractivity contribution in [2.24, 2.45) is 5.14 Å². The molecule has 3 aromatic carbocycles. The predicted molar refractivity (Wildman–Crippen MR) is 116 cm³/mol. The second-order valence-corrected chi connectivity index (χ2v) is 8.81. The summed E-state index contributed by atoms with van der Waals surface area (Å²) < 4.78 is 22.9. The molecular weight excluding hydrogens is 408 g/mol. The molecule has 3 N–H and O–H groups in total. The second kappa shape index (κ2) is 8.78. The molecule has 0 aliphatic carbocycles. The number of nitrogens with one attached hydrogen (secondary N) is 1. The van der Waals surface area contributed by atoms with Crippen LogP contribution in [0.1, 0.15) is 33.9 Å². The first kappa shape index (κ1) is 21.0. The number of hydrogen-bond donors (Lipinski definition) is 2. The first-order valence-corrected chi connectivity index (χ1v) is 10.9. The summed E-state index contributed by atoms with van der Waals surface area (Å²) in [5.41, 5.74) is 3.31. The second-order valence-electron chi connectivity index (χ2n) is 6.81. The first-order valence-electron chi connectivity index (χ1n) is 8.97. The first-order chi connectivity index (χ1) is 13.7. The van der Waals surface area contributed by atoms with Gasteiger partial charge in [0, 0.05) is 22.7 Å². The summed E-state index contributed by atoms with van der Waals surface area (Å²) in [6, 6.07) is 20.5. The van der Waals surface area contributed by atoms with Crippen molar-refractivity contribution >= 4 is 33.1 Å². The molecule has 0 amide bonds. The Kier molecular flexibility index (Phi) is 6.37. The zero-order valence-electron chi connectivity index (χ0n) is 15.8. The number of nitrogens with two attached hydrogens (primary N) is 1. The summed E-state index contributed by atoms with van der Waals surface area (Å²) >= 11 is 5.91. The number of ketones is 1. The molecule has 0 spiro atoms. The van der Waals surface area contributed by atoms with Crippen LogP contribution in [0.2, 0.25) is 5.02 Å². The van der Waals surface area contributed by atoms with E-state index in [1.54, 1.807) is 36.4 Å². The van der Waals surface area contributed by atoms with Gasteiger partial charge in [-0.2, -0.15) is 0 Å². The zero-order chi connectivity index (χ0) is 21.0. The maximum atomic E-state index is 12.8. The minimum atomic E-state index is -3.76. The van der Waals surface area contributed by atoms with Gasteiger partial charge in [0.1, 0.15) is 0 Å². The maximum Gasteiger partial charge on any atom is 0.238 e. The monoisotopic (exact) mass is 428 g/mol. The Bertz CT molecular complexity index is 1110. The van der Waals surface area contributed by atoms with Crippen LogP contribution in [-0.2, 0) is 10.0 Å². The standard InChI is InChI=1S/C22H21ClN2O3S/c1-15-3-2-4-17(13-15)21(14-22(26)16-5-7-18(23)8-6-16)25-19-9-11-20(12-10-19)29(24,27)28/h2-13,21,25H,14H2,1H3,(H2,24,27,28). The highest BCUT2D eigenvalue weighted by Crippen LogP contribution is 2.26. The van der Waals surface area contributed by atoms with E-state index >= 15 is 0 Å². The van der Waals surface area contributed by atoms with E-state index in [2.05, 4.69) is 5.32 Å². The fourth-order valence-electron chi connectivity index (χ4n) is 3.02. The third-order valence-corrected chi connectivity index (χ3v) is 5.71. The van der Waals surface area contributed by atoms with E-state index in [4.69, 9.17) is 16.7 Å². The number of carbonyl (C=O) groups excluding carboxylic acids is 1. The Hall–Kier alpha value is -2.67. The van der Waals surface area contributed by atoms with Crippen LogP contribution in [0.5, 0.6) is 0 Å². The van der Waals surface area contributed by atoms with Crippen LogP contribution in [-0.4, -0.2) is 14.2 Å². The molecule has 0 radical (unpaired) electrons. The molecule has 0 aromatic heterocycles. The molecule has 29 heavy (non-hydrogen) atoms. The van der Waals surface area contributed by atoms with Crippen molar-refractivity contribution in [3.8, 4) is 0 Å². The van der Waals surface area contributed by atoms with E-state index in [9.17, 15) is 13.2 Å². The SMILES string of the molecule is Cc1cccc(C(CC(=O)c2ccc(Cl)cc2)Nc2ccc(S(N)(=O)=O)cc2)c1. The highest BCUT2D eigenvalue weighted by atomic mass is 35.5. The van der Waals surface area contributed by atoms with Gasteiger partial charge >= 0.3 is 0 Å². The van der Waals surface area contributed by atoms with Gasteiger partial charge in [-0.05, 0) is 61.0 Å². The molecular formula is C22H21ClN2O3S. The molecule has 3 rings (SSSR count). The third kappa shape index (κ3) is 5.67. The average Bonchev–Trinajstić information content (AvgIpc) is 2.67. The Morgan fingerprint density at radius 2 is 1.69 bits per heavy atom. The lowest BCUT2D eigenvalue weighted by atomic mass is 9.96. The van der Waals surface area contributed by atoms with Crippen LogP contribution in [0.15, 0.2) is 77.7 Å². The summed E-state index contributed by atoms with van der Waals surface area (Å²) in [5.74, 6) is -0.0261. The molecule has 3 aromatic rings. The van der Waals surface area contributed by atoms with Gasteiger partial charge in [0.05, 0.1) is 10.9 Å². The van der Waals surface area contributed by atoms with Gasteiger partial charge in [0.15, 0.2) is 5.78 Å². The predicted octanol–water partition coefficient (Wildman–Crippen LogP) is 4.72. The molecule has 0 fully saturated rings. The van der Waals surface area contributed by atoms with E-state index in [-0.39, 0.29) is 23.1 Å². The lowest BCUT2D eigenvalue weighted by molar-refractivity contribution is 0.0976. The molecule has 0 aliphatic rings. The molecule has 0 saturated carbocycles. The van der Waals surface area contributed by atoms with Gasteiger partial charge in [0.25, 0.3) is 0 Å². The van der Waals surface area contributed by atoms with Crippen LogP contribution in [0.3, 0.4) is 0 Å². The normalized spacial score (nSPS) is 12.4. The van der Waals surface area contributed by atoms with E-state index in [1.165, 1.54) is 12.1 Å². The Morgan fingerprint density at radius 3 is 2.28 bits per heavy atom. The molecule has 150 valence electrons. The minimum Gasteiger partial charge on any atom is -0.378 e. The highest BCUT2D eigenvalue weighted by molar-refractivity contribution is 7.89. The summed E-state index contributed by atoms with van der Waals surface area (Å²) in [7, 11) is -3.76. The Labute approximate surface area is 175 Å². The fraction of sp³-hybridized carbons (Fsp3) is 0.136. The molecule has 1 unspecified atom stereocenters. The number of sulfonamides is 1. The van der Waals surface area contributed by atoms with Crippen molar-refractivity contribution in [2.75, 3.05) is 5.32 Å². The summed E-state index contributed by atoms with van der Waals surface area (Å²) in [4.78, 5) is 12.9. The van der Waals surface area contributed by atoms with Gasteiger partial charge < -0.3 is 5.32 Å². The summed E-state index contributed by atoms with van der Waals surface area (Å²) in [6.45, 7) is 1.99. The largest absolute Gasteiger partial charge is 0.378 e. The third-order valence-electron chi connectivity index (χ3n) is 4.52. The average molecular weight is 429 g/mol. The summed E-state index contributed by atoms with van der Waals surface area (Å²) in [5, 5.41) is 9.06. The molecule has 0 bridgehead atoms. The van der Waals surface area contributed by atoms with Gasteiger partial charge in [-0.3, -0.25) is 4.79 Å². The number of anilines is 1. The quantitative estimate of drug-likeness (QED) is 0.532. The van der Waals surface area contributed by atoms with Crippen molar-refractivity contribution in [1.29, 1.82) is 0 Å². The van der Waals surface area contributed by atoms with Crippen molar-refractivity contribution in [3.05, 3.63) is 94.5 Å². The number of rotatable bonds is 7. The number of Topliss-reactive ketones (excluding diaryl/α,β-unsaturated/α-hetero) is 1. The van der Waals surface area contributed by atoms with Crippen LogP contribution < -0.4 is 10.5 Å². The van der Waals surface area contributed by atoms with Crippen LogP contribution in [0.4, 0.5) is 5.69 Å². The van der Waals surface area contributed by atoms with Crippen LogP contribution in [0.25, 0.3) is 0 Å². The van der Waals surface area contributed by atoms with Gasteiger partial charge in [-0.1, -0.05) is 41.4 Å². The van der Waals surface area contributed by atoms with Gasteiger partial charge in [-0.25, -0.2) is 13.6 Å². The Morgan fingerprint density at radius 1 is 1.03 bits per heavy atom. The fourth-order valence-corrected chi connectivity index (χ4v) is 3.66. The molecule has 0 heterocycles. The van der Waals surface area contributed by atoms with E-state index < -0.39 is 10.0 Å². The highest BCUT2D eigenvalue weighted by Gasteiger charge is 2.18. The van der Waals surface area contributed by atoms with Crippen LogP contribution in [0, 0.1) is 6.92 Å². The molecule has 0 saturated heterocycles. The molecule has 1 atom stereocenters. The van der Waals surface area contributed by atoms with Crippen LogP contribution >= 0.6 is 11.6 Å². The van der Waals surface area contributed by atoms with Crippen molar-refractivity contribution < 1.29 is 13.2 Å². The zero-order valence-corrected chi connectivity index (χ0v) is 17.4. The number of hydrogen-bond acceptors (Lipinski definition) is 4. The van der Waals surface area contributed by atoms with E-state index in [0.29, 0.717) is 16.3 Å². The Balaban J connectivity index is 1.87. The topological polar surface area (TPSA) is 89.3 Å². The number of aryl methyl sites for hydroxylation is 1. The number of carbonyl (C=O) groups is 1. The van der Waals surface area contributed by atoms with E-state index in [0.717, 1.165) is 11.1 Å².